The number of hydrogen-bond acceptors (Lipinski definition) is 3. The average molecular weight is 320 g/mol. The first kappa shape index (κ1) is 15.7. The van der Waals surface area contributed by atoms with Gasteiger partial charge in [-0.05, 0) is 43.6 Å². The van der Waals surface area contributed by atoms with Crippen LogP contribution in [0.3, 0.4) is 0 Å². The SMILES string of the molecule is CC(C)Cc1ccc(C(=O)C2CC3CCC(C2)S3(=O)=O)cc1. The van der Waals surface area contributed by atoms with Crippen molar-refractivity contribution in [2.45, 2.75) is 56.5 Å². The number of hydrogen-bond donors (Lipinski definition) is 0. The summed E-state index contributed by atoms with van der Waals surface area (Å²) >= 11 is 0. The van der Waals surface area contributed by atoms with Crippen molar-refractivity contribution < 1.29 is 13.2 Å². The Hall–Kier alpha value is -1.16. The Bertz CT molecular complexity index is 638. The van der Waals surface area contributed by atoms with E-state index >= 15 is 0 Å². The fraction of sp³-hybridized carbons (Fsp3) is 0.611. The summed E-state index contributed by atoms with van der Waals surface area (Å²) in [6.45, 7) is 4.36. The van der Waals surface area contributed by atoms with Crippen LogP contribution in [-0.4, -0.2) is 24.7 Å². The van der Waals surface area contributed by atoms with Crippen LogP contribution in [0.1, 0.15) is 55.5 Å². The van der Waals surface area contributed by atoms with Crippen molar-refractivity contribution in [2.75, 3.05) is 0 Å². The minimum Gasteiger partial charge on any atom is -0.294 e. The van der Waals surface area contributed by atoms with E-state index in [-0.39, 0.29) is 22.2 Å². The summed E-state index contributed by atoms with van der Waals surface area (Å²) in [5.74, 6) is 0.612. The van der Waals surface area contributed by atoms with Crippen LogP contribution < -0.4 is 0 Å². The topological polar surface area (TPSA) is 51.2 Å². The third-order valence-electron chi connectivity index (χ3n) is 5.09. The first-order valence-electron chi connectivity index (χ1n) is 8.23. The number of sulfone groups is 1. The van der Waals surface area contributed by atoms with Crippen molar-refractivity contribution in [3.05, 3.63) is 35.4 Å². The fourth-order valence-electron chi connectivity index (χ4n) is 3.93. The van der Waals surface area contributed by atoms with Crippen molar-refractivity contribution in [1.29, 1.82) is 0 Å². The number of benzene rings is 1. The summed E-state index contributed by atoms with van der Waals surface area (Å²) in [5, 5.41) is -0.555. The second kappa shape index (κ2) is 5.80. The molecule has 2 heterocycles. The molecular weight excluding hydrogens is 296 g/mol. The molecule has 2 aliphatic rings. The van der Waals surface area contributed by atoms with Gasteiger partial charge in [-0.1, -0.05) is 38.1 Å². The van der Waals surface area contributed by atoms with E-state index in [0.717, 1.165) is 24.8 Å². The van der Waals surface area contributed by atoms with E-state index in [1.54, 1.807) is 0 Å². The van der Waals surface area contributed by atoms with Crippen LogP contribution in [0, 0.1) is 11.8 Å². The molecule has 0 amide bonds. The molecule has 2 atom stereocenters. The van der Waals surface area contributed by atoms with Gasteiger partial charge in [0, 0.05) is 11.5 Å². The Morgan fingerprint density at radius 1 is 1.09 bits per heavy atom. The van der Waals surface area contributed by atoms with Gasteiger partial charge in [0.15, 0.2) is 15.6 Å². The highest BCUT2D eigenvalue weighted by atomic mass is 32.2. The molecule has 4 heteroatoms. The van der Waals surface area contributed by atoms with E-state index < -0.39 is 9.84 Å². The van der Waals surface area contributed by atoms with E-state index in [4.69, 9.17) is 0 Å². The maximum absolute atomic E-state index is 12.7. The Morgan fingerprint density at radius 3 is 2.14 bits per heavy atom. The number of Topliss-reactive ketones (excluding diaryl/α,β-unsaturated/α-hetero) is 1. The number of rotatable bonds is 4. The summed E-state index contributed by atoms with van der Waals surface area (Å²) in [5.41, 5.74) is 1.98. The Kier molecular flexibility index (Phi) is 4.15. The summed E-state index contributed by atoms with van der Waals surface area (Å²) in [6.07, 6.45) is 3.53. The third-order valence-corrected chi connectivity index (χ3v) is 7.80. The van der Waals surface area contributed by atoms with E-state index in [9.17, 15) is 13.2 Å². The zero-order valence-corrected chi connectivity index (χ0v) is 14.1. The van der Waals surface area contributed by atoms with Crippen molar-refractivity contribution in [1.82, 2.24) is 0 Å². The van der Waals surface area contributed by atoms with E-state index in [1.807, 2.05) is 24.3 Å². The van der Waals surface area contributed by atoms with Crippen LogP contribution >= 0.6 is 0 Å². The van der Waals surface area contributed by atoms with Crippen LogP contribution in [0.2, 0.25) is 0 Å². The predicted octanol–water partition coefficient (Wildman–Crippen LogP) is 3.42. The lowest BCUT2D eigenvalue weighted by Crippen LogP contribution is -2.36. The minimum atomic E-state index is -2.95. The molecule has 2 aliphatic heterocycles. The van der Waals surface area contributed by atoms with E-state index in [2.05, 4.69) is 13.8 Å². The molecule has 2 saturated heterocycles. The van der Waals surface area contributed by atoms with Crippen LogP contribution in [0.5, 0.6) is 0 Å². The highest BCUT2D eigenvalue weighted by Crippen LogP contribution is 2.42. The summed E-state index contributed by atoms with van der Waals surface area (Å²) in [4.78, 5) is 12.7. The second-order valence-electron chi connectivity index (χ2n) is 7.24. The summed E-state index contributed by atoms with van der Waals surface area (Å²) < 4.78 is 24.2. The Balaban J connectivity index is 1.72. The molecule has 1 aromatic carbocycles. The molecule has 120 valence electrons. The molecule has 2 unspecified atom stereocenters. The lowest BCUT2D eigenvalue weighted by molar-refractivity contribution is 0.0905. The minimum absolute atomic E-state index is 0.114. The van der Waals surface area contributed by atoms with Gasteiger partial charge in [0.2, 0.25) is 0 Å². The molecule has 1 aromatic rings. The number of carbonyl (C=O) groups is 1. The monoisotopic (exact) mass is 320 g/mol. The van der Waals surface area contributed by atoms with Crippen LogP contribution in [0.4, 0.5) is 0 Å². The van der Waals surface area contributed by atoms with Gasteiger partial charge in [-0.15, -0.1) is 0 Å². The largest absolute Gasteiger partial charge is 0.294 e. The normalized spacial score (nSPS) is 29.7. The fourth-order valence-corrected chi connectivity index (χ4v) is 6.41. The lowest BCUT2D eigenvalue weighted by Gasteiger charge is -2.27. The van der Waals surface area contributed by atoms with Crippen molar-refractivity contribution in [3.8, 4) is 0 Å². The Morgan fingerprint density at radius 2 is 1.64 bits per heavy atom. The van der Waals surface area contributed by atoms with E-state index in [0.29, 0.717) is 18.8 Å². The maximum atomic E-state index is 12.7. The summed E-state index contributed by atoms with van der Waals surface area (Å²) in [7, 11) is -2.95. The van der Waals surface area contributed by atoms with Crippen molar-refractivity contribution >= 4 is 15.6 Å². The number of fused-ring (bicyclic) bond motifs is 2. The molecule has 2 fully saturated rings. The zero-order valence-electron chi connectivity index (χ0n) is 13.3. The standard InChI is InChI=1S/C18H24O3S/c1-12(2)9-13-3-5-14(6-4-13)18(19)15-10-16-7-8-17(11-15)22(16,20)21/h3-6,12,15-17H,7-11H2,1-2H3. The van der Waals surface area contributed by atoms with Gasteiger partial charge in [0.25, 0.3) is 0 Å². The molecule has 22 heavy (non-hydrogen) atoms. The molecule has 0 aliphatic carbocycles. The Labute approximate surface area is 133 Å². The van der Waals surface area contributed by atoms with Gasteiger partial charge in [0.05, 0.1) is 10.5 Å². The molecule has 0 radical (unpaired) electrons. The van der Waals surface area contributed by atoms with E-state index in [1.165, 1.54) is 5.56 Å². The molecule has 0 spiro atoms. The molecular formula is C18H24O3S. The highest BCUT2D eigenvalue weighted by Gasteiger charge is 2.48. The molecule has 0 aromatic heterocycles. The van der Waals surface area contributed by atoms with Gasteiger partial charge in [-0.25, -0.2) is 8.42 Å². The van der Waals surface area contributed by atoms with Crippen molar-refractivity contribution in [3.63, 3.8) is 0 Å². The van der Waals surface area contributed by atoms with Crippen LogP contribution in [0.25, 0.3) is 0 Å². The second-order valence-corrected chi connectivity index (χ2v) is 9.75. The molecule has 3 rings (SSSR count). The number of carbonyl (C=O) groups excluding carboxylic acids is 1. The lowest BCUT2D eigenvalue weighted by atomic mass is 9.89. The molecule has 3 nitrogen and oxygen atoms in total. The zero-order chi connectivity index (χ0) is 15.9. The molecule has 2 bridgehead atoms. The smallest absolute Gasteiger partial charge is 0.166 e. The maximum Gasteiger partial charge on any atom is 0.166 e. The van der Waals surface area contributed by atoms with Gasteiger partial charge in [0.1, 0.15) is 0 Å². The van der Waals surface area contributed by atoms with Crippen LogP contribution in [0.15, 0.2) is 24.3 Å². The summed E-state index contributed by atoms with van der Waals surface area (Å²) in [6, 6.07) is 7.87. The van der Waals surface area contributed by atoms with Gasteiger partial charge in [-0.3, -0.25) is 4.79 Å². The average Bonchev–Trinajstić information content (AvgIpc) is 2.67. The third kappa shape index (κ3) is 2.85. The first-order chi connectivity index (χ1) is 10.4. The van der Waals surface area contributed by atoms with Crippen LogP contribution in [-0.2, 0) is 16.3 Å². The molecule has 0 N–H and O–H groups in total. The molecule has 0 saturated carbocycles. The van der Waals surface area contributed by atoms with Gasteiger partial charge < -0.3 is 0 Å². The van der Waals surface area contributed by atoms with Crippen molar-refractivity contribution in [2.24, 2.45) is 11.8 Å². The quantitative estimate of drug-likeness (QED) is 0.799. The van der Waals surface area contributed by atoms with Gasteiger partial charge >= 0.3 is 0 Å². The van der Waals surface area contributed by atoms with Gasteiger partial charge in [-0.2, -0.15) is 0 Å². The predicted molar refractivity (Wildman–Crippen MR) is 87.8 cm³/mol. The number of ketones is 1. The first-order valence-corrected chi connectivity index (χ1v) is 9.84. The highest BCUT2D eigenvalue weighted by molar-refractivity contribution is 7.93.